The van der Waals surface area contributed by atoms with Crippen LogP contribution in [0.25, 0.3) is 10.9 Å². The Morgan fingerprint density at radius 3 is 2.57 bits per heavy atom. The Morgan fingerprint density at radius 1 is 1.00 bits per heavy atom. The van der Waals surface area contributed by atoms with Crippen LogP contribution in [0.1, 0.15) is 11.1 Å². The number of aliphatic hydroxyl groups is 1. The molecular formula is C16H14N2O3. The van der Waals surface area contributed by atoms with Crippen LogP contribution in [0.2, 0.25) is 0 Å². The maximum absolute atomic E-state index is 12.1. The zero-order valence-corrected chi connectivity index (χ0v) is 11.2. The van der Waals surface area contributed by atoms with Crippen LogP contribution in [0.15, 0.2) is 58.1 Å². The van der Waals surface area contributed by atoms with Gasteiger partial charge < -0.3 is 5.11 Å². The van der Waals surface area contributed by atoms with Gasteiger partial charge in [0, 0.05) is 0 Å². The molecule has 0 atom stereocenters. The average Bonchev–Trinajstić information content (AvgIpc) is 2.51. The first-order chi connectivity index (χ1) is 10.2. The second-order valence-electron chi connectivity index (χ2n) is 4.84. The van der Waals surface area contributed by atoms with Crippen LogP contribution in [0.3, 0.4) is 0 Å². The Balaban J connectivity index is 2.16. The minimum absolute atomic E-state index is 0.0465. The molecule has 2 aromatic carbocycles. The molecule has 0 amide bonds. The number of aromatic amines is 1. The van der Waals surface area contributed by atoms with E-state index in [2.05, 4.69) is 4.98 Å². The third-order valence-electron chi connectivity index (χ3n) is 3.42. The molecule has 0 aliphatic heterocycles. The van der Waals surface area contributed by atoms with Crippen molar-refractivity contribution in [1.82, 2.24) is 9.55 Å². The number of hydrogen-bond acceptors (Lipinski definition) is 3. The molecule has 0 aliphatic rings. The standard InChI is InChI=1S/C16H14N2O3/c19-10-12-5-3-4-11(8-12)9-18-14-7-2-1-6-13(14)15(20)17-16(18)21/h1-8,19H,9-10H2,(H,17,20,21). The van der Waals surface area contributed by atoms with Gasteiger partial charge in [-0.1, -0.05) is 36.4 Å². The summed E-state index contributed by atoms with van der Waals surface area (Å²) in [4.78, 5) is 26.2. The molecule has 0 fully saturated rings. The molecule has 0 saturated carbocycles. The van der Waals surface area contributed by atoms with E-state index in [0.29, 0.717) is 17.4 Å². The van der Waals surface area contributed by atoms with E-state index in [1.807, 2.05) is 24.3 Å². The summed E-state index contributed by atoms with van der Waals surface area (Å²) in [5.41, 5.74) is 1.46. The van der Waals surface area contributed by atoms with E-state index in [1.165, 1.54) is 4.57 Å². The van der Waals surface area contributed by atoms with Crippen molar-refractivity contribution in [2.45, 2.75) is 13.2 Å². The molecule has 0 spiro atoms. The second-order valence-corrected chi connectivity index (χ2v) is 4.84. The van der Waals surface area contributed by atoms with Crippen LogP contribution in [0, 0.1) is 0 Å². The quantitative estimate of drug-likeness (QED) is 0.758. The number of hydrogen-bond donors (Lipinski definition) is 2. The molecule has 1 aromatic heterocycles. The molecule has 0 saturated heterocycles. The predicted octanol–water partition coefficient (Wildman–Crippen LogP) is 1.23. The highest BCUT2D eigenvalue weighted by atomic mass is 16.3. The minimum atomic E-state index is -0.437. The van der Waals surface area contributed by atoms with Crippen molar-refractivity contribution in [3.8, 4) is 0 Å². The van der Waals surface area contributed by atoms with Gasteiger partial charge in [-0.3, -0.25) is 14.3 Å². The number of benzene rings is 2. The fourth-order valence-electron chi connectivity index (χ4n) is 2.41. The Hall–Kier alpha value is -2.66. The van der Waals surface area contributed by atoms with Crippen molar-refractivity contribution in [2.75, 3.05) is 0 Å². The largest absolute Gasteiger partial charge is 0.392 e. The van der Waals surface area contributed by atoms with Gasteiger partial charge >= 0.3 is 5.69 Å². The molecule has 5 nitrogen and oxygen atoms in total. The fourth-order valence-corrected chi connectivity index (χ4v) is 2.41. The van der Waals surface area contributed by atoms with Crippen molar-refractivity contribution >= 4 is 10.9 Å². The summed E-state index contributed by atoms with van der Waals surface area (Å²) in [5.74, 6) is 0. The van der Waals surface area contributed by atoms with E-state index < -0.39 is 5.69 Å². The molecule has 3 aromatic rings. The monoisotopic (exact) mass is 282 g/mol. The number of fused-ring (bicyclic) bond motifs is 1. The highest BCUT2D eigenvalue weighted by molar-refractivity contribution is 5.77. The van der Waals surface area contributed by atoms with Crippen molar-refractivity contribution < 1.29 is 5.11 Å². The first kappa shape index (κ1) is 13.3. The first-order valence-electron chi connectivity index (χ1n) is 6.59. The van der Waals surface area contributed by atoms with E-state index in [-0.39, 0.29) is 12.2 Å². The predicted molar refractivity (Wildman–Crippen MR) is 80.3 cm³/mol. The second kappa shape index (κ2) is 5.38. The van der Waals surface area contributed by atoms with E-state index in [9.17, 15) is 14.7 Å². The summed E-state index contributed by atoms with van der Waals surface area (Å²) < 4.78 is 1.52. The van der Waals surface area contributed by atoms with Gasteiger partial charge in [-0.15, -0.1) is 0 Å². The van der Waals surface area contributed by atoms with Crippen LogP contribution in [0.4, 0.5) is 0 Å². The fraction of sp³-hybridized carbons (Fsp3) is 0.125. The number of rotatable bonds is 3. The summed E-state index contributed by atoms with van der Waals surface area (Å²) in [6.45, 7) is 0.291. The van der Waals surface area contributed by atoms with Crippen LogP contribution < -0.4 is 11.2 Å². The summed E-state index contributed by atoms with van der Waals surface area (Å²) in [6.07, 6.45) is 0. The van der Waals surface area contributed by atoms with E-state index >= 15 is 0 Å². The van der Waals surface area contributed by atoms with Gasteiger partial charge in [0.05, 0.1) is 24.1 Å². The van der Waals surface area contributed by atoms with Gasteiger partial charge in [0.25, 0.3) is 5.56 Å². The molecular weight excluding hydrogens is 268 g/mol. The van der Waals surface area contributed by atoms with Crippen molar-refractivity contribution in [3.63, 3.8) is 0 Å². The SMILES string of the molecule is O=c1[nH]c(=O)n(Cc2cccc(CO)c2)c2ccccc12. The minimum Gasteiger partial charge on any atom is -0.392 e. The summed E-state index contributed by atoms with van der Waals surface area (Å²) in [5, 5.41) is 9.66. The number of aromatic nitrogens is 2. The van der Waals surface area contributed by atoms with Gasteiger partial charge in [0.1, 0.15) is 0 Å². The van der Waals surface area contributed by atoms with Gasteiger partial charge in [0.15, 0.2) is 0 Å². The molecule has 106 valence electrons. The Morgan fingerprint density at radius 2 is 1.76 bits per heavy atom. The highest BCUT2D eigenvalue weighted by Gasteiger charge is 2.07. The highest BCUT2D eigenvalue weighted by Crippen LogP contribution is 2.11. The van der Waals surface area contributed by atoms with E-state index in [4.69, 9.17) is 0 Å². The molecule has 0 unspecified atom stereocenters. The normalized spacial score (nSPS) is 10.9. The first-order valence-corrected chi connectivity index (χ1v) is 6.59. The molecule has 2 N–H and O–H groups in total. The summed E-state index contributed by atoms with van der Waals surface area (Å²) in [7, 11) is 0. The summed E-state index contributed by atoms with van der Waals surface area (Å²) in [6, 6.07) is 14.4. The number of nitrogens with zero attached hydrogens (tertiary/aromatic N) is 1. The van der Waals surface area contributed by atoms with Crippen molar-refractivity contribution in [1.29, 1.82) is 0 Å². The third kappa shape index (κ3) is 2.51. The van der Waals surface area contributed by atoms with Crippen LogP contribution in [0.5, 0.6) is 0 Å². The number of H-pyrrole nitrogens is 1. The van der Waals surface area contributed by atoms with Crippen molar-refractivity contribution in [2.24, 2.45) is 0 Å². The van der Waals surface area contributed by atoms with Crippen LogP contribution in [-0.4, -0.2) is 14.7 Å². The molecule has 1 heterocycles. The lowest BCUT2D eigenvalue weighted by Gasteiger charge is -2.10. The van der Waals surface area contributed by atoms with Crippen LogP contribution >= 0.6 is 0 Å². The molecule has 0 aliphatic carbocycles. The van der Waals surface area contributed by atoms with Crippen LogP contribution in [-0.2, 0) is 13.2 Å². The van der Waals surface area contributed by atoms with Gasteiger partial charge in [-0.05, 0) is 23.3 Å². The number of para-hydroxylation sites is 1. The Bertz CT molecular complexity index is 909. The maximum atomic E-state index is 12.1. The molecule has 0 radical (unpaired) electrons. The molecule has 5 heteroatoms. The zero-order chi connectivity index (χ0) is 14.8. The molecule has 3 rings (SSSR count). The third-order valence-corrected chi connectivity index (χ3v) is 3.42. The lowest BCUT2D eigenvalue weighted by molar-refractivity contribution is 0.281. The summed E-state index contributed by atoms with van der Waals surface area (Å²) >= 11 is 0. The lowest BCUT2D eigenvalue weighted by Crippen LogP contribution is -2.30. The average molecular weight is 282 g/mol. The number of aliphatic hydroxyl groups excluding tert-OH is 1. The molecule has 0 bridgehead atoms. The van der Waals surface area contributed by atoms with Gasteiger partial charge in [-0.2, -0.15) is 0 Å². The lowest BCUT2D eigenvalue weighted by atomic mass is 10.1. The topological polar surface area (TPSA) is 75.1 Å². The van der Waals surface area contributed by atoms with Gasteiger partial charge in [-0.25, -0.2) is 4.79 Å². The Labute approximate surface area is 120 Å². The Kier molecular flexibility index (Phi) is 3.41. The van der Waals surface area contributed by atoms with Crippen molar-refractivity contribution in [3.05, 3.63) is 80.5 Å². The van der Waals surface area contributed by atoms with E-state index in [1.54, 1.807) is 24.3 Å². The van der Waals surface area contributed by atoms with E-state index in [0.717, 1.165) is 11.1 Å². The number of nitrogens with one attached hydrogen (secondary N) is 1. The smallest absolute Gasteiger partial charge is 0.329 e. The maximum Gasteiger partial charge on any atom is 0.329 e. The molecule has 21 heavy (non-hydrogen) atoms. The van der Waals surface area contributed by atoms with Gasteiger partial charge in [0.2, 0.25) is 0 Å². The zero-order valence-electron chi connectivity index (χ0n) is 11.2.